The molecule has 2 aromatic rings. The first-order valence-electron chi connectivity index (χ1n) is 6.89. The number of carbonyl (C=O) groups is 2. The smallest absolute Gasteiger partial charge is 0.343 e. The highest BCUT2D eigenvalue weighted by Gasteiger charge is 2.18. The van der Waals surface area contributed by atoms with Crippen LogP contribution in [0.4, 0.5) is 0 Å². The lowest BCUT2D eigenvalue weighted by molar-refractivity contribution is -0.268. The summed E-state index contributed by atoms with van der Waals surface area (Å²) in [5.41, 5.74) is 0.168. The second-order valence-corrected chi connectivity index (χ2v) is 5.15. The maximum absolute atomic E-state index is 12.2. The third kappa shape index (κ3) is 3.24. The Kier molecular flexibility index (Phi) is 4.64. The molecule has 0 aliphatic heterocycles. The zero-order chi connectivity index (χ0) is 18.0. The Morgan fingerprint density at radius 2 is 1.58 bits per heavy atom. The summed E-state index contributed by atoms with van der Waals surface area (Å²) in [5.74, 6) is -3.01. The number of phenols is 1. The van der Waals surface area contributed by atoms with Crippen LogP contribution in [0.3, 0.4) is 0 Å². The van der Waals surface area contributed by atoms with E-state index in [-0.39, 0.29) is 22.4 Å². The van der Waals surface area contributed by atoms with Gasteiger partial charge in [-0.15, -0.1) is 0 Å². The fourth-order valence-electron chi connectivity index (χ4n) is 2.33. The molecule has 0 aliphatic rings. The molecule has 7 heteroatoms. The molecule has 0 saturated heterocycles. The Bertz CT molecular complexity index is 778. The Labute approximate surface area is 137 Å². The van der Waals surface area contributed by atoms with Crippen molar-refractivity contribution in [1.29, 1.82) is 0 Å². The third-order valence-electron chi connectivity index (χ3n) is 3.43. The van der Waals surface area contributed by atoms with Gasteiger partial charge in [0, 0.05) is 6.07 Å². The van der Waals surface area contributed by atoms with Crippen molar-refractivity contribution < 1.29 is 34.4 Å². The largest absolute Gasteiger partial charge is 0.872 e. The van der Waals surface area contributed by atoms with E-state index in [1.807, 2.05) is 0 Å². The van der Waals surface area contributed by atoms with E-state index < -0.39 is 23.4 Å². The van der Waals surface area contributed by atoms with Gasteiger partial charge in [-0.1, -0.05) is 5.75 Å². The summed E-state index contributed by atoms with van der Waals surface area (Å²) in [4.78, 5) is 23.3. The molecule has 24 heavy (non-hydrogen) atoms. The third-order valence-corrected chi connectivity index (χ3v) is 3.43. The molecular formula is C17H15O7-. The average molecular weight is 331 g/mol. The first-order chi connectivity index (χ1) is 11.2. The van der Waals surface area contributed by atoms with E-state index in [1.165, 1.54) is 32.2 Å². The van der Waals surface area contributed by atoms with E-state index >= 15 is 0 Å². The molecule has 0 aliphatic carbocycles. The molecule has 0 aromatic heterocycles. The van der Waals surface area contributed by atoms with E-state index in [2.05, 4.69) is 0 Å². The van der Waals surface area contributed by atoms with Gasteiger partial charge in [0.25, 0.3) is 0 Å². The molecular weight excluding hydrogens is 316 g/mol. The van der Waals surface area contributed by atoms with Gasteiger partial charge in [0.05, 0.1) is 12.7 Å². The highest BCUT2D eigenvalue weighted by Crippen LogP contribution is 2.30. The zero-order valence-corrected chi connectivity index (χ0v) is 13.2. The Morgan fingerprint density at radius 3 is 2.08 bits per heavy atom. The number of carboxylic acid groups (broad SMARTS) is 1. The lowest BCUT2D eigenvalue weighted by Crippen LogP contribution is -2.14. The molecule has 0 spiro atoms. The van der Waals surface area contributed by atoms with Gasteiger partial charge in [0.15, 0.2) is 0 Å². The van der Waals surface area contributed by atoms with Crippen LogP contribution in [0.2, 0.25) is 0 Å². The van der Waals surface area contributed by atoms with Gasteiger partial charge in [0.2, 0.25) is 0 Å². The molecule has 7 nitrogen and oxygen atoms in total. The summed E-state index contributed by atoms with van der Waals surface area (Å²) in [5, 5.41) is 30.8. The summed E-state index contributed by atoms with van der Waals surface area (Å²) in [6, 6.07) is 5.00. The highest BCUT2D eigenvalue weighted by molar-refractivity contribution is 5.96. The SMILES string of the molecule is COc1cc(C)c(C(=O)Oc2cc(C)c(C(=O)O)c(O)c2)c([O-])c1. The van der Waals surface area contributed by atoms with Gasteiger partial charge in [-0.05, 0) is 43.2 Å². The Morgan fingerprint density at radius 1 is 1.00 bits per heavy atom. The molecule has 0 fully saturated rings. The number of hydrogen-bond donors (Lipinski definition) is 2. The second-order valence-electron chi connectivity index (χ2n) is 5.15. The van der Waals surface area contributed by atoms with Crippen LogP contribution in [-0.4, -0.2) is 29.3 Å². The van der Waals surface area contributed by atoms with Gasteiger partial charge in [-0.2, -0.15) is 0 Å². The van der Waals surface area contributed by atoms with Gasteiger partial charge in [0.1, 0.15) is 22.8 Å². The van der Waals surface area contributed by atoms with Crippen LogP contribution in [0.1, 0.15) is 31.8 Å². The van der Waals surface area contributed by atoms with Gasteiger partial charge < -0.3 is 24.8 Å². The monoisotopic (exact) mass is 331 g/mol. The van der Waals surface area contributed by atoms with E-state index in [0.717, 1.165) is 6.07 Å². The van der Waals surface area contributed by atoms with Crippen LogP contribution in [0, 0.1) is 13.8 Å². The zero-order valence-electron chi connectivity index (χ0n) is 13.2. The number of carboxylic acids is 1. The fraction of sp³-hybridized carbons (Fsp3) is 0.176. The number of ether oxygens (including phenoxy) is 2. The van der Waals surface area contributed by atoms with Crippen molar-refractivity contribution in [3.63, 3.8) is 0 Å². The fourth-order valence-corrected chi connectivity index (χ4v) is 2.33. The average Bonchev–Trinajstić information content (AvgIpc) is 2.44. The van der Waals surface area contributed by atoms with Crippen LogP contribution in [0.15, 0.2) is 24.3 Å². The predicted molar refractivity (Wildman–Crippen MR) is 81.9 cm³/mol. The number of aromatic hydroxyl groups is 1. The number of methoxy groups -OCH3 is 1. The highest BCUT2D eigenvalue weighted by atomic mass is 16.5. The molecule has 0 atom stereocenters. The molecule has 0 saturated carbocycles. The maximum atomic E-state index is 12.2. The molecule has 0 radical (unpaired) electrons. The minimum Gasteiger partial charge on any atom is -0.872 e. The molecule has 2 N–H and O–H groups in total. The molecule has 2 aromatic carbocycles. The predicted octanol–water partition coefficient (Wildman–Crippen LogP) is 2.01. The van der Waals surface area contributed by atoms with Crippen LogP contribution in [0.25, 0.3) is 0 Å². The normalized spacial score (nSPS) is 10.3. The topological polar surface area (TPSA) is 116 Å². The van der Waals surface area contributed by atoms with E-state index in [1.54, 1.807) is 6.92 Å². The lowest BCUT2D eigenvalue weighted by atomic mass is 10.1. The summed E-state index contributed by atoms with van der Waals surface area (Å²) in [6.07, 6.45) is 0. The van der Waals surface area contributed by atoms with E-state index in [0.29, 0.717) is 11.3 Å². The lowest BCUT2D eigenvalue weighted by Gasteiger charge is -2.17. The summed E-state index contributed by atoms with van der Waals surface area (Å²) < 4.78 is 10.1. The Balaban J connectivity index is 2.36. The van der Waals surface area contributed by atoms with Gasteiger partial charge in [-0.3, -0.25) is 0 Å². The number of benzene rings is 2. The van der Waals surface area contributed by atoms with Crippen molar-refractivity contribution in [3.8, 4) is 23.0 Å². The second kappa shape index (κ2) is 6.49. The molecule has 126 valence electrons. The van der Waals surface area contributed by atoms with Crippen molar-refractivity contribution in [2.24, 2.45) is 0 Å². The number of aryl methyl sites for hydroxylation is 2. The van der Waals surface area contributed by atoms with E-state index in [9.17, 15) is 19.8 Å². The summed E-state index contributed by atoms with van der Waals surface area (Å²) in [7, 11) is 1.40. The number of rotatable bonds is 4. The Hall–Kier alpha value is -3.22. The molecule has 0 heterocycles. The summed E-state index contributed by atoms with van der Waals surface area (Å²) >= 11 is 0. The van der Waals surface area contributed by atoms with Crippen LogP contribution in [-0.2, 0) is 0 Å². The van der Waals surface area contributed by atoms with Gasteiger partial charge >= 0.3 is 11.9 Å². The maximum Gasteiger partial charge on any atom is 0.343 e. The van der Waals surface area contributed by atoms with Crippen LogP contribution >= 0.6 is 0 Å². The van der Waals surface area contributed by atoms with E-state index in [4.69, 9.17) is 14.6 Å². The number of carbonyl (C=O) groups excluding carboxylic acids is 1. The standard InChI is InChI=1S/C17H16O7/c1-8-5-11(7-12(18)14(8)16(20)21)24-17(22)15-9(2)4-10(23-3)6-13(15)19/h4-7,18-19H,1-3H3,(H,20,21)/p-1. The van der Waals surface area contributed by atoms with Crippen LogP contribution < -0.4 is 14.6 Å². The van der Waals surface area contributed by atoms with Crippen molar-refractivity contribution in [3.05, 3.63) is 46.5 Å². The minimum absolute atomic E-state index is 0.0605. The molecule has 2 rings (SSSR count). The van der Waals surface area contributed by atoms with Crippen molar-refractivity contribution in [2.45, 2.75) is 13.8 Å². The first-order valence-corrected chi connectivity index (χ1v) is 6.89. The number of esters is 1. The molecule has 0 bridgehead atoms. The molecule has 0 unspecified atom stereocenters. The van der Waals surface area contributed by atoms with Crippen LogP contribution in [0.5, 0.6) is 23.0 Å². The minimum atomic E-state index is -1.30. The molecule has 0 amide bonds. The number of hydrogen-bond acceptors (Lipinski definition) is 6. The summed E-state index contributed by atoms with van der Waals surface area (Å²) in [6.45, 7) is 3.02. The first kappa shape index (κ1) is 17.1. The van der Waals surface area contributed by atoms with Crippen molar-refractivity contribution in [2.75, 3.05) is 7.11 Å². The van der Waals surface area contributed by atoms with Crippen molar-refractivity contribution >= 4 is 11.9 Å². The van der Waals surface area contributed by atoms with Crippen molar-refractivity contribution in [1.82, 2.24) is 0 Å². The van der Waals surface area contributed by atoms with Gasteiger partial charge in [-0.25, -0.2) is 9.59 Å². The number of aromatic carboxylic acids is 1. The quantitative estimate of drug-likeness (QED) is 0.650.